The fraction of sp³-hybridized carbons (Fsp3) is 0.889. The zero-order valence-corrected chi connectivity index (χ0v) is 40.2. The molecule has 0 saturated carbocycles. The number of allylic oxidation sites excluding steroid dienone is 3. The van der Waals surface area contributed by atoms with Crippen molar-refractivity contribution in [3.05, 3.63) is 24.3 Å². The van der Waals surface area contributed by atoms with Crippen molar-refractivity contribution in [1.29, 1.82) is 0 Å². The van der Waals surface area contributed by atoms with Crippen molar-refractivity contribution in [3.8, 4) is 0 Å². The highest BCUT2D eigenvalue weighted by Gasteiger charge is 2.18. The lowest BCUT2D eigenvalue weighted by Crippen LogP contribution is -2.45. The molecule has 2 atom stereocenters. The minimum atomic E-state index is -0.852. The standard InChI is InChI=1S/C54H103NO5/c1-3-5-7-9-11-13-15-16-17-18-21-24-28-32-36-40-44-48-54(59)60-49-45-41-37-33-29-25-22-19-20-23-27-31-35-39-43-47-53(58)55-51(50-56)52(57)46-42-38-34-30-26-14-12-10-8-6-4-2/h22,25,42,46,51-52,56-57H,3-21,23-24,26-41,43-45,47-50H2,1-2H3,(H,55,58)/b25-22-,46-42+. The molecule has 6 nitrogen and oxygen atoms in total. The Morgan fingerprint density at radius 3 is 1.18 bits per heavy atom. The quantitative estimate of drug-likeness (QED) is 0.0322. The number of carbonyl (C=O) groups is 2. The normalized spacial score (nSPS) is 12.8. The molecule has 0 aliphatic rings. The van der Waals surface area contributed by atoms with Crippen molar-refractivity contribution in [3.63, 3.8) is 0 Å². The molecule has 3 N–H and O–H groups in total. The van der Waals surface area contributed by atoms with Crippen molar-refractivity contribution in [2.45, 2.75) is 296 Å². The van der Waals surface area contributed by atoms with Gasteiger partial charge in [-0.2, -0.15) is 0 Å². The minimum absolute atomic E-state index is 0.00771. The smallest absolute Gasteiger partial charge is 0.305 e. The third-order valence-electron chi connectivity index (χ3n) is 12.2. The molecular formula is C54H103NO5. The van der Waals surface area contributed by atoms with Gasteiger partial charge in [0.05, 0.1) is 25.4 Å². The fourth-order valence-electron chi connectivity index (χ4n) is 8.10. The molecule has 0 heterocycles. The highest BCUT2D eigenvalue weighted by Crippen LogP contribution is 2.16. The van der Waals surface area contributed by atoms with Gasteiger partial charge in [0, 0.05) is 12.8 Å². The first-order chi connectivity index (χ1) is 29.5. The van der Waals surface area contributed by atoms with E-state index in [0.29, 0.717) is 19.4 Å². The van der Waals surface area contributed by atoms with E-state index in [1.807, 2.05) is 6.08 Å². The fourth-order valence-corrected chi connectivity index (χ4v) is 8.10. The molecule has 354 valence electrons. The summed E-state index contributed by atoms with van der Waals surface area (Å²) >= 11 is 0. The van der Waals surface area contributed by atoms with Crippen molar-refractivity contribution in [2.75, 3.05) is 13.2 Å². The van der Waals surface area contributed by atoms with Crippen molar-refractivity contribution < 1.29 is 24.5 Å². The summed E-state index contributed by atoms with van der Waals surface area (Å²) in [6.07, 6.45) is 59.0. The van der Waals surface area contributed by atoms with Crippen molar-refractivity contribution in [1.82, 2.24) is 5.32 Å². The van der Waals surface area contributed by atoms with Gasteiger partial charge < -0.3 is 20.3 Å². The van der Waals surface area contributed by atoms with Crippen LogP contribution in [0, 0.1) is 0 Å². The van der Waals surface area contributed by atoms with Crippen LogP contribution in [-0.4, -0.2) is 47.4 Å². The number of unbranched alkanes of at least 4 members (excludes halogenated alkanes) is 36. The summed E-state index contributed by atoms with van der Waals surface area (Å²) < 4.78 is 5.47. The Morgan fingerprint density at radius 1 is 0.450 bits per heavy atom. The van der Waals surface area contributed by atoms with Gasteiger partial charge in [-0.15, -0.1) is 0 Å². The zero-order valence-electron chi connectivity index (χ0n) is 40.2. The van der Waals surface area contributed by atoms with Crippen LogP contribution in [0.2, 0.25) is 0 Å². The van der Waals surface area contributed by atoms with E-state index in [2.05, 4.69) is 31.3 Å². The van der Waals surface area contributed by atoms with Crippen LogP contribution in [0.1, 0.15) is 284 Å². The molecule has 0 fully saturated rings. The van der Waals surface area contributed by atoms with E-state index in [-0.39, 0.29) is 18.5 Å². The first-order valence-electron chi connectivity index (χ1n) is 26.6. The lowest BCUT2D eigenvalue weighted by molar-refractivity contribution is -0.143. The molecule has 6 heteroatoms. The largest absolute Gasteiger partial charge is 0.466 e. The maximum Gasteiger partial charge on any atom is 0.305 e. The third kappa shape index (κ3) is 45.9. The van der Waals surface area contributed by atoms with Gasteiger partial charge >= 0.3 is 5.97 Å². The molecule has 0 radical (unpaired) electrons. The molecule has 1 amide bonds. The maximum atomic E-state index is 12.4. The highest BCUT2D eigenvalue weighted by molar-refractivity contribution is 5.76. The molecule has 0 aliphatic heterocycles. The van der Waals surface area contributed by atoms with Crippen LogP contribution in [0.15, 0.2) is 24.3 Å². The van der Waals surface area contributed by atoms with Crippen LogP contribution in [0.3, 0.4) is 0 Å². The van der Waals surface area contributed by atoms with Crippen molar-refractivity contribution >= 4 is 11.9 Å². The Kier molecular flexibility index (Phi) is 48.6. The highest BCUT2D eigenvalue weighted by atomic mass is 16.5. The summed E-state index contributed by atoms with van der Waals surface area (Å²) in [5, 5.41) is 23.0. The number of rotatable bonds is 49. The Bertz CT molecular complexity index is 935. The van der Waals surface area contributed by atoms with E-state index in [1.54, 1.807) is 6.08 Å². The maximum absolute atomic E-state index is 12.4. The van der Waals surface area contributed by atoms with Crippen molar-refractivity contribution in [2.24, 2.45) is 0 Å². The molecular weight excluding hydrogens is 743 g/mol. The van der Waals surface area contributed by atoms with Gasteiger partial charge in [-0.1, -0.05) is 237 Å². The molecule has 2 unspecified atom stereocenters. The number of aliphatic hydroxyl groups is 2. The number of amides is 1. The second-order valence-electron chi connectivity index (χ2n) is 18.2. The molecule has 0 aromatic carbocycles. The van der Waals surface area contributed by atoms with Gasteiger partial charge in [-0.05, 0) is 57.8 Å². The molecule has 0 saturated heterocycles. The predicted molar refractivity (Wildman–Crippen MR) is 260 cm³/mol. The van der Waals surface area contributed by atoms with Gasteiger partial charge in [0.15, 0.2) is 0 Å². The number of aliphatic hydroxyl groups excluding tert-OH is 2. The van der Waals surface area contributed by atoms with E-state index in [9.17, 15) is 19.8 Å². The van der Waals surface area contributed by atoms with Crippen LogP contribution < -0.4 is 5.32 Å². The van der Waals surface area contributed by atoms with Gasteiger partial charge in [0.25, 0.3) is 0 Å². The second-order valence-corrected chi connectivity index (χ2v) is 18.2. The first-order valence-corrected chi connectivity index (χ1v) is 26.6. The van der Waals surface area contributed by atoms with Gasteiger partial charge in [-0.3, -0.25) is 9.59 Å². The second kappa shape index (κ2) is 50.0. The molecule has 0 aromatic rings. The summed E-state index contributed by atoms with van der Waals surface area (Å²) in [6, 6.07) is -0.637. The summed E-state index contributed by atoms with van der Waals surface area (Å²) in [4.78, 5) is 24.4. The van der Waals surface area contributed by atoms with Crippen LogP contribution in [0.4, 0.5) is 0 Å². The lowest BCUT2D eigenvalue weighted by Gasteiger charge is -2.20. The Morgan fingerprint density at radius 2 is 0.783 bits per heavy atom. The first kappa shape index (κ1) is 58.3. The monoisotopic (exact) mass is 846 g/mol. The zero-order chi connectivity index (χ0) is 43.7. The van der Waals surface area contributed by atoms with Gasteiger partial charge in [0.2, 0.25) is 5.91 Å². The number of nitrogens with one attached hydrogen (secondary N) is 1. The van der Waals surface area contributed by atoms with Crippen LogP contribution >= 0.6 is 0 Å². The summed E-state index contributed by atoms with van der Waals surface area (Å²) in [7, 11) is 0. The van der Waals surface area contributed by atoms with Crippen LogP contribution in [0.5, 0.6) is 0 Å². The molecule has 0 aliphatic carbocycles. The topological polar surface area (TPSA) is 95.9 Å². The minimum Gasteiger partial charge on any atom is -0.466 e. The average Bonchev–Trinajstić information content (AvgIpc) is 3.25. The van der Waals surface area contributed by atoms with E-state index in [0.717, 1.165) is 70.6 Å². The molecule has 60 heavy (non-hydrogen) atoms. The number of carbonyl (C=O) groups excluding carboxylic acids is 2. The van der Waals surface area contributed by atoms with Gasteiger partial charge in [-0.25, -0.2) is 0 Å². The Hall–Kier alpha value is -1.66. The molecule has 0 bridgehead atoms. The molecule has 0 spiro atoms. The Labute approximate surface area is 373 Å². The van der Waals surface area contributed by atoms with E-state index in [4.69, 9.17) is 4.74 Å². The van der Waals surface area contributed by atoms with E-state index in [1.165, 1.54) is 186 Å². The van der Waals surface area contributed by atoms with Gasteiger partial charge in [0.1, 0.15) is 0 Å². The van der Waals surface area contributed by atoms with Crippen LogP contribution in [0.25, 0.3) is 0 Å². The number of hydrogen-bond donors (Lipinski definition) is 3. The summed E-state index contributed by atoms with van der Waals surface area (Å²) in [6.45, 7) is 4.86. The third-order valence-corrected chi connectivity index (χ3v) is 12.2. The molecule has 0 rings (SSSR count). The summed E-state index contributed by atoms with van der Waals surface area (Å²) in [5.41, 5.74) is 0. The number of hydrogen-bond acceptors (Lipinski definition) is 5. The number of ether oxygens (including phenoxy) is 1. The van der Waals surface area contributed by atoms with E-state index >= 15 is 0 Å². The number of esters is 1. The lowest BCUT2D eigenvalue weighted by atomic mass is 10.0. The van der Waals surface area contributed by atoms with Crippen LogP contribution in [-0.2, 0) is 14.3 Å². The molecule has 0 aromatic heterocycles. The predicted octanol–water partition coefficient (Wildman–Crippen LogP) is 15.9. The average molecular weight is 846 g/mol. The SMILES string of the molecule is CCCCCCCCCCC/C=C/C(O)C(CO)NC(=O)CCCCCCCCC/C=C\CCCCCCOC(=O)CCCCCCCCCCCCCCCCCCC. The summed E-state index contributed by atoms with van der Waals surface area (Å²) in [5.74, 6) is -0.0921. The van der Waals surface area contributed by atoms with E-state index < -0.39 is 12.1 Å². The Balaban J connectivity index is 3.46.